The summed E-state index contributed by atoms with van der Waals surface area (Å²) in [5, 5.41) is 9.93. The summed E-state index contributed by atoms with van der Waals surface area (Å²) in [6.07, 6.45) is 0.702. The van der Waals surface area contributed by atoms with Gasteiger partial charge in [0.15, 0.2) is 0 Å². The number of nitrogens with one attached hydrogen (secondary N) is 3. The summed E-state index contributed by atoms with van der Waals surface area (Å²) in [6.45, 7) is 3.70. The second-order valence-electron chi connectivity index (χ2n) is 4.73. The molecule has 0 aliphatic carbocycles. The van der Waals surface area contributed by atoms with Crippen molar-refractivity contribution in [2.24, 2.45) is 0 Å². The zero-order chi connectivity index (χ0) is 15.0. The molecule has 3 N–H and O–H groups in total. The number of benzene rings is 1. The van der Waals surface area contributed by atoms with Gasteiger partial charge in [-0.15, -0.1) is 5.10 Å². The summed E-state index contributed by atoms with van der Waals surface area (Å²) in [5.74, 6) is 0.228. The quantitative estimate of drug-likeness (QED) is 0.692. The smallest absolute Gasteiger partial charge is 0.274 e. The number of anilines is 1. The number of aryl methyl sites for hydroxylation is 2. The molecule has 0 bridgehead atoms. The van der Waals surface area contributed by atoms with Crippen molar-refractivity contribution in [1.82, 2.24) is 20.2 Å². The minimum Gasteiger partial charge on any atom is -0.350 e. The zero-order valence-electron chi connectivity index (χ0n) is 11.6. The first-order valence-electron chi connectivity index (χ1n) is 6.59. The van der Waals surface area contributed by atoms with Crippen LogP contribution in [0.5, 0.6) is 0 Å². The number of amides is 1. The monoisotopic (exact) mass is 287 g/mol. The first kappa shape index (κ1) is 13.3. The van der Waals surface area contributed by atoms with Gasteiger partial charge in [0.2, 0.25) is 5.95 Å². The van der Waals surface area contributed by atoms with Crippen molar-refractivity contribution in [2.45, 2.75) is 20.3 Å². The number of halogens is 1. The number of hydrogen-bond acceptors (Lipinski definition) is 3. The van der Waals surface area contributed by atoms with Gasteiger partial charge in [0.25, 0.3) is 5.91 Å². The zero-order valence-corrected chi connectivity index (χ0v) is 11.6. The lowest BCUT2D eigenvalue weighted by Gasteiger charge is -1.99. The molecule has 0 unspecified atom stereocenters. The van der Waals surface area contributed by atoms with Crippen molar-refractivity contribution >= 4 is 22.8 Å². The van der Waals surface area contributed by atoms with E-state index in [9.17, 15) is 9.18 Å². The Hall–Kier alpha value is -2.70. The number of carbonyl (C=O) groups excluding carboxylic acids is 1. The molecule has 6 nitrogen and oxygen atoms in total. The van der Waals surface area contributed by atoms with Crippen LogP contribution in [0.1, 0.15) is 28.8 Å². The molecule has 108 valence electrons. The van der Waals surface area contributed by atoms with Gasteiger partial charge >= 0.3 is 0 Å². The van der Waals surface area contributed by atoms with Crippen molar-refractivity contribution in [3.63, 3.8) is 0 Å². The maximum atomic E-state index is 13.3. The molecule has 7 heteroatoms. The minimum atomic E-state index is -0.356. The summed E-state index contributed by atoms with van der Waals surface area (Å²) >= 11 is 0. The highest BCUT2D eigenvalue weighted by Gasteiger charge is 2.16. The maximum absolute atomic E-state index is 13.3. The second kappa shape index (κ2) is 5.01. The first-order valence-corrected chi connectivity index (χ1v) is 6.59. The van der Waals surface area contributed by atoms with Crippen molar-refractivity contribution in [1.29, 1.82) is 0 Å². The summed E-state index contributed by atoms with van der Waals surface area (Å²) < 4.78 is 13.3. The average molecular weight is 287 g/mol. The summed E-state index contributed by atoms with van der Waals surface area (Å²) in [5.41, 5.74) is 1.77. The van der Waals surface area contributed by atoms with E-state index in [0.717, 1.165) is 0 Å². The van der Waals surface area contributed by atoms with E-state index in [1.165, 1.54) is 12.1 Å². The molecular formula is C14H14FN5O. The van der Waals surface area contributed by atoms with E-state index in [1.807, 2.05) is 6.92 Å². The molecule has 2 aromatic heterocycles. The Morgan fingerprint density at radius 1 is 1.43 bits per heavy atom. The van der Waals surface area contributed by atoms with E-state index in [4.69, 9.17) is 0 Å². The molecule has 2 heterocycles. The number of fused-ring (bicyclic) bond motifs is 1. The molecule has 0 spiro atoms. The van der Waals surface area contributed by atoms with Crippen molar-refractivity contribution in [3.05, 3.63) is 41.1 Å². The van der Waals surface area contributed by atoms with Crippen LogP contribution in [-0.2, 0) is 6.42 Å². The third-order valence-corrected chi connectivity index (χ3v) is 3.34. The number of aromatic amines is 2. The molecule has 0 atom stereocenters. The highest BCUT2D eigenvalue weighted by atomic mass is 19.1. The highest BCUT2D eigenvalue weighted by Crippen LogP contribution is 2.23. The Morgan fingerprint density at radius 2 is 2.24 bits per heavy atom. The van der Waals surface area contributed by atoms with Crippen LogP contribution in [0.3, 0.4) is 0 Å². The van der Waals surface area contributed by atoms with Gasteiger partial charge in [0, 0.05) is 17.3 Å². The predicted molar refractivity (Wildman–Crippen MR) is 76.7 cm³/mol. The molecular weight excluding hydrogens is 273 g/mol. The Balaban J connectivity index is 1.92. The van der Waals surface area contributed by atoms with Crippen molar-refractivity contribution < 1.29 is 9.18 Å². The van der Waals surface area contributed by atoms with Crippen LogP contribution in [0.4, 0.5) is 10.3 Å². The molecule has 0 fully saturated rings. The van der Waals surface area contributed by atoms with Crippen LogP contribution in [0.25, 0.3) is 10.9 Å². The molecule has 0 saturated carbocycles. The molecule has 0 aliphatic heterocycles. The summed E-state index contributed by atoms with van der Waals surface area (Å²) in [7, 11) is 0. The highest BCUT2D eigenvalue weighted by molar-refractivity contribution is 6.07. The third kappa shape index (κ3) is 2.37. The van der Waals surface area contributed by atoms with Gasteiger partial charge in [-0.25, -0.2) is 4.39 Å². The van der Waals surface area contributed by atoms with Crippen molar-refractivity contribution in [3.8, 4) is 0 Å². The number of aromatic nitrogens is 4. The van der Waals surface area contributed by atoms with Crippen LogP contribution in [0.2, 0.25) is 0 Å². The molecule has 0 aliphatic rings. The lowest BCUT2D eigenvalue weighted by molar-refractivity contribution is 0.102. The topological polar surface area (TPSA) is 86.5 Å². The predicted octanol–water partition coefficient (Wildman–Crippen LogP) is 2.55. The Bertz CT molecular complexity index is 820. The normalized spacial score (nSPS) is 11.0. The largest absolute Gasteiger partial charge is 0.350 e. The van der Waals surface area contributed by atoms with E-state index in [-0.39, 0.29) is 17.7 Å². The van der Waals surface area contributed by atoms with Crippen LogP contribution in [0, 0.1) is 12.7 Å². The van der Waals surface area contributed by atoms with Gasteiger partial charge in [-0.05, 0) is 30.7 Å². The van der Waals surface area contributed by atoms with E-state index < -0.39 is 0 Å². The van der Waals surface area contributed by atoms with Crippen LogP contribution in [-0.4, -0.2) is 26.1 Å². The standard InChI is InChI=1S/C14H14FN5O/c1-3-11-17-14(20-19-11)18-13(21)12-7(2)9-6-8(15)4-5-10(9)16-12/h4-6,16H,3H2,1-2H3,(H2,17,18,19,20,21). The van der Waals surface area contributed by atoms with Gasteiger partial charge in [-0.3, -0.25) is 15.2 Å². The second-order valence-corrected chi connectivity index (χ2v) is 4.73. The molecule has 3 rings (SSSR count). The Labute approximate surface area is 119 Å². The number of hydrogen-bond donors (Lipinski definition) is 3. The Morgan fingerprint density at radius 3 is 2.95 bits per heavy atom. The fourth-order valence-electron chi connectivity index (χ4n) is 2.20. The summed E-state index contributed by atoms with van der Waals surface area (Å²) in [4.78, 5) is 19.4. The number of nitrogens with zero attached hydrogens (tertiary/aromatic N) is 2. The lowest BCUT2D eigenvalue weighted by atomic mass is 10.1. The number of H-pyrrole nitrogens is 2. The van der Waals surface area contributed by atoms with Gasteiger partial charge in [0.05, 0.1) is 0 Å². The molecule has 3 aromatic rings. The van der Waals surface area contributed by atoms with E-state index >= 15 is 0 Å². The number of carbonyl (C=O) groups is 1. The lowest BCUT2D eigenvalue weighted by Crippen LogP contribution is -2.14. The average Bonchev–Trinajstić information content (AvgIpc) is 3.04. The van der Waals surface area contributed by atoms with E-state index in [0.29, 0.717) is 34.4 Å². The molecule has 21 heavy (non-hydrogen) atoms. The van der Waals surface area contributed by atoms with Crippen LogP contribution >= 0.6 is 0 Å². The molecule has 1 amide bonds. The minimum absolute atomic E-state index is 0.223. The van der Waals surface area contributed by atoms with E-state index in [1.54, 1.807) is 13.0 Å². The molecule has 0 saturated heterocycles. The van der Waals surface area contributed by atoms with Crippen LogP contribution < -0.4 is 5.32 Å². The van der Waals surface area contributed by atoms with Crippen molar-refractivity contribution in [2.75, 3.05) is 5.32 Å². The number of rotatable bonds is 3. The maximum Gasteiger partial charge on any atom is 0.274 e. The fraction of sp³-hybridized carbons (Fsp3) is 0.214. The van der Waals surface area contributed by atoms with Gasteiger partial charge < -0.3 is 4.98 Å². The molecule has 0 radical (unpaired) electrons. The van der Waals surface area contributed by atoms with Crippen LogP contribution in [0.15, 0.2) is 18.2 Å². The fourth-order valence-corrected chi connectivity index (χ4v) is 2.20. The van der Waals surface area contributed by atoms with Gasteiger partial charge in [-0.1, -0.05) is 6.92 Å². The Kier molecular flexibility index (Phi) is 3.17. The SMILES string of the molecule is CCc1nc(NC(=O)c2[nH]c3ccc(F)cc3c2C)n[nH]1. The first-order chi connectivity index (χ1) is 10.1. The summed E-state index contributed by atoms with van der Waals surface area (Å²) in [6, 6.07) is 4.36. The van der Waals surface area contributed by atoms with Gasteiger partial charge in [-0.2, -0.15) is 4.98 Å². The van der Waals surface area contributed by atoms with Gasteiger partial charge in [0.1, 0.15) is 17.3 Å². The van der Waals surface area contributed by atoms with E-state index in [2.05, 4.69) is 25.5 Å². The molecule has 1 aromatic carbocycles. The third-order valence-electron chi connectivity index (χ3n) is 3.34.